The van der Waals surface area contributed by atoms with Crippen molar-refractivity contribution in [3.63, 3.8) is 0 Å². The highest BCUT2D eigenvalue weighted by Gasteiger charge is 2.29. The molecule has 0 N–H and O–H groups in total. The van der Waals surface area contributed by atoms with Gasteiger partial charge in [-0.3, -0.25) is 9.59 Å². The van der Waals surface area contributed by atoms with Gasteiger partial charge in [0.2, 0.25) is 0 Å². The maximum atomic E-state index is 12.3. The standard InChI is InChI=1S/C15H9ClO2/c16-8-9-5-6-12-13(7-9)15(18)11-4-2-1-3-10(11)14(12)17/h1-7H,8H2. The monoisotopic (exact) mass is 256 g/mol. The number of hydrogen-bond donors (Lipinski definition) is 0. The molecule has 2 aromatic rings. The molecule has 0 radical (unpaired) electrons. The highest BCUT2D eigenvalue weighted by Crippen LogP contribution is 2.28. The molecular weight excluding hydrogens is 248 g/mol. The van der Waals surface area contributed by atoms with Crippen LogP contribution >= 0.6 is 11.6 Å². The summed E-state index contributed by atoms with van der Waals surface area (Å²) in [6.45, 7) is 0. The summed E-state index contributed by atoms with van der Waals surface area (Å²) in [5.41, 5.74) is 2.72. The van der Waals surface area contributed by atoms with Gasteiger partial charge in [0.25, 0.3) is 0 Å². The van der Waals surface area contributed by atoms with Gasteiger partial charge < -0.3 is 0 Å². The molecule has 0 saturated heterocycles. The van der Waals surface area contributed by atoms with Crippen LogP contribution in [0.1, 0.15) is 37.4 Å². The van der Waals surface area contributed by atoms with Crippen LogP contribution in [-0.2, 0) is 5.88 Å². The van der Waals surface area contributed by atoms with Crippen molar-refractivity contribution in [1.29, 1.82) is 0 Å². The maximum absolute atomic E-state index is 12.3. The number of hydrogen-bond acceptors (Lipinski definition) is 2. The molecule has 0 unspecified atom stereocenters. The van der Waals surface area contributed by atoms with Gasteiger partial charge >= 0.3 is 0 Å². The van der Waals surface area contributed by atoms with Crippen LogP contribution in [0, 0.1) is 0 Å². The lowest BCUT2D eigenvalue weighted by atomic mass is 9.83. The summed E-state index contributed by atoms with van der Waals surface area (Å²) in [6.07, 6.45) is 0. The van der Waals surface area contributed by atoms with Gasteiger partial charge in [-0.2, -0.15) is 0 Å². The molecule has 1 aliphatic rings. The molecule has 0 fully saturated rings. The molecular formula is C15H9ClO2. The predicted octanol–water partition coefficient (Wildman–Crippen LogP) is 3.20. The predicted molar refractivity (Wildman–Crippen MR) is 69.3 cm³/mol. The van der Waals surface area contributed by atoms with Crippen molar-refractivity contribution in [2.45, 2.75) is 5.88 Å². The average molecular weight is 257 g/mol. The van der Waals surface area contributed by atoms with E-state index in [-0.39, 0.29) is 11.6 Å². The Labute approximate surface area is 109 Å². The van der Waals surface area contributed by atoms with E-state index in [0.29, 0.717) is 28.1 Å². The smallest absolute Gasteiger partial charge is 0.194 e. The van der Waals surface area contributed by atoms with Gasteiger partial charge in [-0.05, 0) is 17.7 Å². The highest BCUT2D eigenvalue weighted by molar-refractivity contribution is 6.28. The molecule has 88 valence electrons. The first-order valence-corrected chi connectivity index (χ1v) is 6.13. The van der Waals surface area contributed by atoms with E-state index in [9.17, 15) is 9.59 Å². The summed E-state index contributed by atoms with van der Waals surface area (Å²) in [6, 6.07) is 12.1. The van der Waals surface area contributed by atoms with Gasteiger partial charge in [0.05, 0.1) is 0 Å². The molecule has 0 saturated carbocycles. The minimum absolute atomic E-state index is 0.0960. The summed E-state index contributed by atoms with van der Waals surface area (Å²) < 4.78 is 0. The van der Waals surface area contributed by atoms with Gasteiger partial charge in [-0.25, -0.2) is 0 Å². The first kappa shape index (κ1) is 11.2. The van der Waals surface area contributed by atoms with Crippen LogP contribution in [0.25, 0.3) is 0 Å². The van der Waals surface area contributed by atoms with Crippen LogP contribution in [0.2, 0.25) is 0 Å². The first-order valence-electron chi connectivity index (χ1n) is 5.59. The van der Waals surface area contributed by atoms with E-state index in [1.807, 2.05) is 0 Å². The van der Waals surface area contributed by atoms with E-state index < -0.39 is 0 Å². The van der Waals surface area contributed by atoms with Crippen molar-refractivity contribution in [2.75, 3.05) is 0 Å². The van der Waals surface area contributed by atoms with E-state index in [1.165, 1.54) is 0 Å². The molecule has 0 spiro atoms. The summed E-state index contributed by atoms with van der Waals surface area (Å²) in [5, 5.41) is 0. The van der Waals surface area contributed by atoms with E-state index in [0.717, 1.165) is 5.56 Å². The Morgan fingerprint density at radius 1 is 0.778 bits per heavy atom. The Morgan fingerprint density at radius 2 is 1.33 bits per heavy atom. The zero-order valence-corrected chi connectivity index (χ0v) is 10.2. The van der Waals surface area contributed by atoms with E-state index >= 15 is 0 Å². The zero-order valence-electron chi connectivity index (χ0n) is 9.44. The molecule has 1 aliphatic carbocycles. The van der Waals surface area contributed by atoms with Gasteiger partial charge in [0, 0.05) is 28.1 Å². The topological polar surface area (TPSA) is 34.1 Å². The van der Waals surface area contributed by atoms with Crippen LogP contribution in [0.4, 0.5) is 0 Å². The molecule has 2 nitrogen and oxygen atoms in total. The van der Waals surface area contributed by atoms with Gasteiger partial charge in [-0.15, -0.1) is 11.6 Å². The SMILES string of the molecule is O=C1c2ccccc2C(=O)c2cc(CCl)ccc21. The van der Waals surface area contributed by atoms with Crippen molar-refractivity contribution in [2.24, 2.45) is 0 Å². The summed E-state index contributed by atoms with van der Waals surface area (Å²) in [5.74, 6) is 0.129. The van der Waals surface area contributed by atoms with Crippen LogP contribution in [-0.4, -0.2) is 11.6 Å². The minimum Gasteiger partial charge on any atom is -0.289 e. The fourth-order valence-electron chi connectivity index (χ4n) is 2.23. The number of rotatable bonds is 1. The van der Waals surface area contributed by atoms with Crippen LogP contribution < -0.4 is 0 Å². The molecule has 3 rings (SSSR count). The van der Waals surface area contributed by atoms with E-state index in [4.69, 9.17) is 11.6 Å². The van der Waals surface area contributed by atoms with Gasteiger partial charge in [0.15, 0.2) is 11.6 Å². The molecule has 0 aliphatic heterocycles. The normalized spacial score (nSPS) is 13.2. The number of ketones is 2. The number of carbonyl (C=O) groups excluding carboxylic acids is 2. The molecule has 0 heterocycles. The second-order valence-corrected chi connectivity index (χ2v) is 4.48. The lowest BCUT2D eigenvalue weighted by molar-refractivity contribution is 0.0979. The second-order valence-electron chi connectivity index (χ2n) is 4.22. The van der Waals surface area contributed by atoms with Crippen LogP contribution in [0.3, 0.4) is 0 Å². The third-order valence-corrected chi connectivity index (χ3v) is 3.45. The molecule has 3 heteroatoms. The zero-order chi connectivity index (χ0) is 12.7. The lowest BCUT2D eigenvalue weighted by Crippen LogP contribution is -2.20. The molecule has 0 bridgehead atoms. The Bertz CT molecular complexity index is 674. The number of carbonyl (C=O) groups is 2. The Balaban J connectivity index is 2.27. The number of alkyl halides is 1. The number of benzene rings is 2. The highest BCUT2D eigenvalue weighted by atomic mass is 35.5. The van der Waals surface area contributed by atoms with Crippen molar-refractivity contribution >= 4 is 23.2 Å². The molecule has 0 amide bonds. The van der Waals surface area contributed by atoms with Gasteiger partial charge in [-0.1, -0.05) is 30.3 Å². The fourth-order valence-corrected chi connectivity index (χ4v) is 2.40. The molecule has 0 atom stereocenters. The summed E-state index contributed by atoms with van der Waals surface area (Å²) in [4.78, 5) is 24.6. The van der Waals surface area contributed by atoms with Crippen LogP contribution in [0.15, 0.2) is 42.5 Å². The summed E-state index contributed by atoms with van der Waals surface area (Å²) >= 11 is 5.76. The average Bonchev–Trinajstić information content (AvgIpc) is 2.44. The maximum Gasteiger partial charge on any atom is 0.194 e. The van der Waals surface area contributed by atoms with Crippen molar-refractivity contribution in [3.05, 3.63) is 70.3 Å². The van der Waals surface area contributed by atoms with Crippen molar-refractivity contribution in [3.8, 4) is 0 Å². The van der Waals surface area contributed by atoms with E-state index in [1.54, 1.807) is 42.5 Å². The van der Waals surface area contributed by atoms with E-state index in [2.05, 4.69) is 0 Å². The largest absolute Gasteiger partial charge is 0.289 e. The molecule has 2 aromatic carbocycles. The Kier molecular flexibility index (Phi) is 2.53. The van der Waals surface area contributed by atoms with Gasteiger partial charge in [0.1, 0.15) is 0 Å². The first-order chi connectivity index (χ1) is 8.72. The lowest BCUT2D eigenvalue weighted by Gasteiger charge is -2.17. The Hall–Kier alpha value is -1.93. The quantitative estimate of drug-likeness (QED) is 0.627. The molecule has 0 aromatic heterocycles. The third kappa shape index (κ3) is 1.50. The van der Waals surface area contributed by atoms with Crippen molar-refractivity contribution < 1.29 is 9.59 Å². The molecule has 18 heavy (non-hydrogen) atoms. The van der Waals surface area contributed by atoms with Crippen molar-refractivity contribution in [1.82, 2.24) is 0 Å². The third-order valence-electron chi connectivity index (χ3n) is 3.14. The Morgan fingerprint density at radius 3 is 1.94 bits per heavy atom. The number of fused-ring (bicyclic) bond motifs is 2. The van der Waals surface area contributed by atoms with Crippen LogP contribution in [0.5, 0.6) is 0 Å². The minimum atomic E-state index is -0.104. The number of halogens is 1. The summed E-state index contributed by atoms with van der Waals surface area (Å²) in [7, 11) is 0. The second kappa shape index (κ2) is 4.07. The fraction of sp³-hybridized carbons (Fsp3) is 0.0667.